The van der Waals surface area contributed by atoms with E-state index in [1.54, 1.807) is 0 Å². The molecule has 0 radical (unpaired) electrons. The van der Waals surface area contributed by atoms with Crippen LogP contribution in [0.3, 0.4) is 0 Å². The van der Waals surface area contributed by atoms with Crippen molar-refractivity contribution in [2.24, 2.45) is 5.92 Å². The Labute approximate surface area is 98.8 Å². The van der Waals surface area contributed by atoms with Gasteiger partial charge in [-0.05, 0) is 44.2 Å². The van der Waals surface area contributed by atoms with E-state index in [4.69, 9.17) is 4.74 Å². The molecule has 1 aromatic carbocycles. The molecule has 0 aromatic heterocycles. The van der Waals surface area contributed by atoms with Gasteiger partial charge in [-0.2, -0.15) is 0 Å². The van der Waals surface area contributed by atoms with Gasteiger partial charge in [0, 0.05) is 0 Å². The van der Waals surface area contributed by atoms with Crippen LogP contribution >= 0.6 is 0 Å². The van der Waals surface area contributed by atoms with Crippen LogP contribution in [-0.2, 0) is 0 Å². The molecule has 0 heterocycles. The predicted octanol–water partition coefficient (Wildman–Crippen LogP) is 4.34. The second-order valence-corrected chi connectivity index (χ2v) is 4.99. The molecule has 2 atom stereocenters. The molecule has 0 spiro atoms. The molecule has 1 nitrogen and oxygen atoms in total. The highest BCUT2D eigenvalue weighted by atomic mass is 16.5. The zero-order valence-corrected chi connectivity index (χ0v) is 10.4. The molecule has 0 amide bonds. The molecular weight excluding hydrogens is 196 g/mol. The normalized spacial score (nSPS) is 25.4. The van der Waals surface area contributed by atoms with E-state index in [0.717, 1.165) is 11.7 Å². The van der Waals surface area contributed by atoms with E-state index in [-0.39, 0.29) is 0 Å². The summed E-state index contributed by atoms with van der Waals surface area (Å²) in [6.45, 7) is 4.40. The van der Waals surface area contributed by atoms with Crippen LogP contribution in [0.1, 0.15) is 44.6 Å². The summed E-state index contributed by atoms with van der Waals surface area (Å²) in [5, 5.41) is 0. The minimum atomic E-state index is 0.446. The summed E-state index contributed by atoms with van der Waals surface area (Å²) in [7, 11) is 0. The van der Waals surface area contributed by atoms with E-state index in [9.17, 15) is 0 Å². The van der Waals surface area contributed by atoms with E-state index in [2.05, 4.69) is 38.1 Å². The maximum atomic E-state index is 6.04. The van der Waals surface area contributed by atoms with E-state index < -0.39 is 0 Å². The number of rotatable bonds is 3. The second kappa shape index (κ2) is 5.38. The lowest BCUT2D eigenvalue weighted by molar-refractivity contribution is 0.122. The minimum absolute atomic E-state index is 0.446. The molecule has 16 heavy (non-hydrogen) atoms. The number of hydrogen-bond acceptors (Lipinski definition) is 1. The van der Waals surface area contributed by atoms with Gasteiger partial charge >= 0.3 is 0 Å². The Morgan fingerprint density at radius 3 is 2.62 bits per heavy atom. The Balaban J connectivity index is 1.91. The maximum absolute atomic E-state index is 6.04. The van der Waals surface area contributed by atoms with Crippen LogP contribution in [0.5, 0.6) is 5.75 Å². The monoisotopic (exact) mass is 218 g/mol. The van der Waals surface area contributed by atoms with Crippen molar-refractivity contribution in [1.29, 1.82) is 0 Å². The third-order valence-electron chi connectivity index (χ3n) is 3.64. The van der Waals surface area contributed by atoms with Crippen molar-refractivity contribution in [3.8, 4) is 5.75 Å². The summed E-state index contributed by atoms with van der Waals surface area (Å²) in [4.78, 5) is 0. The standard InChI is InChI=1S/C15H22O/c1-3-13-5-4-6-15(11-13)16-14-9-7-12(2)8-10-14/h7-10,13,15H,3-6,11H2,1-2H3. The van der Waals surface area contributed by atoms with Gasteiger partial charge in [-0.3, -0.25) is 0 Å². The number of ether oxygens (including phenoxy) is 1. The molecule has 0 bridgehead atoms. The first-order chi connectivity index (χ1) is 7.78. The van der Waals surface area contributed by atoms with Crippen molar-refractivity contribution in [1.82, 2.24) is 0 Å². The van der Waals surface area contributed by atoms with Gasteiger partial charge < -0.3 is 4.74 Å². The van der Waals surface area contributed by atoms with E-state index in [1.165, 1.54) is 37.7 Å². The fourth-order valence-electron chi connectivity index (χ4n) is 2.53. The Bertz CT molecular complexity index is 315. The molecule has 1 heteroatoms. The number of benzene rings is 1. The van der Waals surface area contributed by atoms with E-state index in [0.29, 0.717) is 6.10 Å². The lowest BCUT2D eigenvalue weighted by Crippen LogP contribution is -2.25. The Hall–Kier alpha value is -0.980. The first-order valence-corrected chi connectivity index (χ1v) is 6.51. The van der Waals surface area contributed by atoms with Crippen LogP contribution in [0.15, 0.2) is 24.3 Å². The summed E-state index contributed by atoms with van der Waals surface area (Å²) in [5.74, 6) is 1.91. The van der Waals surface area contributed by atoms with Crippen molar-refractivity contribution in [2.75, 3.05) is 0 Å². The van der Waals surface area contributed by atoms with Crippen molar-refractivity contribution >= 4 is 0 Å². The molecule has 1 saturated carbocycles. The second-order valence-electron chi connectivity index (χ2n) is 4.99. The van der Waals surface area contributed by atoms with Crippen LogP contribution in [0.25, 0.3) is 0 Å². The van der Waals surface area contributed by atoms with Crippen LogP contribution in [0.2, 0.25) is 0 Å². The Kier molecular flexibility index (Phi) is 3.87. The minimum Gasteiger partial charge on any atom is -0.490 e. The lowest BCUT2D eigenvalue weighted by Gasteiger charge is -2.29. The fourth-order valence-corrected chi connectivity index (χ4v) is 2.53. The summed E-state index contributed by atoms with van der Waals surface area (Å²) in [5.41, 5.74) is 1.29. The van der Waals surface area contributed by atoms with E-state index in [1.807, 2.05) is 0 Å². The van der Waals surface area contributed by atoms with Crippen LogP contribution in [-0.4, -0.2) is 6.10 Å². The van der Waals surface area contributed by atoms with Gasteiger partial charge in [-0.15, -0.1) is 0 Å². The zero-order chi connectivity index (χ0) is 11.4. The van der Waals surface area contributed by atoms with Crippen LogP contribution < -0.4 is 4.74 Å². The van der Waals surface area contributed by atoms with E-state index >= 15 is 0 Å². The van der Waals surface area contributed by atoms with Gasteiger partial charge in [0.05, 0.1) is 6.10 Å². The molecule has 1 aliphatic rings. The lowest BCUT2D eigenvalue weighted by atomic mass is 9.85. The third-order valence-corrected chi connectivity index (χ3v) is 3.64. The average Bonchev–Trinajstić information content (AvgIpc) is 2.32. The maximum Gasteiger partial charge on any atom is 0.119 e. The fraction of sp³-hybridized carbons (Fsp3) is 0.600. The molecule has 1 aromatic rings. The van der Waals surface area contributed by atoms with Gasteiger partial charge in [-0.25, -0.2) is 0 Å². The van der Waals surface area contributed by atoms with Crippen LogP contribution in [0, 0.1) is 12.8 Å². The van der Waals surface area contributed by atoms with Gasteiger partial charge in [0.2, 0.25) is 0 Å². The van der Waals surface area contributed by atoms with Crippen molar-refractivity contribution in [2.45, 2.75) is 52.1 Å². The molecule has 0 aliphatic heterocycles. The molecular formula is C15H22O. The number of hydrogen-bond donors (Lipinski definition) is 0. The summed E-state index contributed by atoms with van der Waals surface area (Å²) in [6, 6.07) is 8.42. The number of aryl methyl sites for hydroxylation is 1. The Morgan fingerprint density at radius 2 is 1.94 bits per heavy atom. The molecule has 0 N–H and O–H groups in total. The van der Waals surface area contributed by atoms with Crippen LogP contribution in [0.4, 0.5) is 0 Å². The molecule has 1 aliphatic carbocycles. The largest absolute Gasteiger partial charge is 0.490 e. The summed E-state index contributed by atoms with van der Waals surface area (Å²) >= 11 is 0. The molecule has 2 rings (SSSR count). The summed E-state index contributed by atoms with van der Waals surface area (Å²) < 4.78 is 6.04. The highest BCUT2D eigenvalue weighted by Gasteiger charge is 2.21. The first kappa shape index (κ1) is 11.5. The first-order valence-electron chi connectivity index (χ1n) is 6.51. The molecule has 88 valence electrons. The third kappa shape index (κ3) is 3.01. The predicted molar refractivity (Wildman–Crippen MR) is 67.8 cm³/mol. The average molecular weight is 218 g/mol. The van der Waals surface area contributed by atoms with Crippen molar-refractivity contribution in [3.63, 3.8) is 0 Å². The van der Waals surface area contributed by atoms with Gasteiger partial charge in [0.1, 0.15) is 5.75 Å². The molecule has 1 fully saturated rings. The van der Waals surface area contributed by atoms with Gasteiger partial charge in [0.25, 0.3) is 0 Å². The Morgan fingerprint density at radius 1 is 1.19 bits per heavy atom. The zero-order valence-electron chi connectivity index (χ0n) is 10.4. The molecule has 0 saturated heterocycles. The SMILES string of the molecule is CCC1CCCC(Oc2ccc(C)cc2)C1. The topological polar surface area (TPSA) is 9.23 Å². The highest BCUT2D eigenvalue weighted by molar-refractivity contribution is 5.26. The quantitative estimate of drug-likeness (QED) is 0.733. The highest BCUT2D eigenvalue weighted by Crippen LogP contribution is 2.29. The van der Waals surface area contributed by atoms with Crippen molar-refractivity contribution < 1.29 is 4.74 Å². The summed E-state index contributed by atoms with van der Waals surface area (Å²) in [6.07, 6.45) is 6.93. The smallest absolute Gasteiger partial charge is 0.119 e. The molecule has 2 unspecified atom stereocenters. The van der Waals surface area contributed by atoms with Gasteiger partial charge in [0.15, 0.2) is 0 Å². The van der Waals surface area contributed by atoms with Gasteiger partial charge in [-0.1, -0.05) is 37.5 Å². The van der Waals surface area contributed by atoms with Crippen molar-refractivity contribution in [3.05, 3.63) is 29.8 Å².